The molecule has 4 rings (SSSR count). The first-order chi connectivity index (χ1) is 13.2. The minimum Gasteiger partial charge on any atom is -0.497 e. The molecule has 1 fully saturated rings. The number of nitrogens with one attached hydrogen (secondary N) is 1. The van der Waals surface area contributed by atoms with Crippen LogP contribution in [0.5, 0.6) is 11.5 Å². The molecular formula is C21H23N3O3. The van der Waals surface area contributed by atoms with Crippen LogP contribution in [0.1, 0.15) is 23.6 Å². The fraction of sp³-hybridized carbons (Fsp3) is 0.286. The van der Waals surface area contributed by atoms with Crippen LogP contribution in [0.3, 0.4) is 0 Å². The number of hydrogen-bond acceptors (Lipinski definition) is 5. The molecule has 0 spiro atoms. The molecule has 2 aromatic rings. The Hall–Kier alpha value is -2.99. The van der Waals surface area contributed by atoms with E-state index in [-0.39, 0.29) is 18.0 Å². The lowest BCUT2D eigenvalue weighted by Crippen LogP contribution is -2.47. The van der Waals surface area contributed by atoms with Crippen molar-refractivity contribution >= 4 is 5.91 Å². The highest BCUT2D eigenvalue weighted by Gasteiger charge is 2.39. The highest BCUT2D eigenvalue weighted by Crippen LogP contribution is 2.32. The predicted molar refractivity (Wildman–Crippen MR) is 102 cm³/mol. The van der Waals surface area contributed by atoms with Crippen LogP contribution < -0.4 is 14.9 Å². The van der Waals surface area contributed by atoms with Crippen LogP contribution in [0, 0.1) is 0 Å². The van der Waals surface area contributed by atoms with Gasteiger partial charge in [0.15, 0.2) is 0 Å². The Morgan fingerprint density at radius 1 is 1.04 bits per heavy atom. The van der Waals surface area contributed by atoms with E-state index >= 15 is 0 Å². The van der Waals surface area contributed by atoms with Gasteiger partial charge in [-0.25, -0.2) is 5.43 Å². The standard InChI is InChI=1S/C21H23N3O3/c1-26-17-7-3-5-15(11-17)14-23-9-10-24-20(21(23)25)13-19(22-24)16-6-4-8-18(12-16)27-2/h3-12,19-20,22H,13-14H2,1-2H3. The van der Waals surface area contributed by atoms with Crippen molar-refractivity contribution in [1.82, 2.24) is 15.3 Å². The fourth-order valence-electron chi connectivity index (χ4n) is 3.61. The topological polar surface area (TPSA) is 54.0 Å². The van der Waals surface area contributed by atoms with E-state index < -0.39 is 0 Å². The lowest BCUT2D eigenvalue weighted by Gasteiger charge is -2.31. The number of benzene rings is 2. The van der Waals surface area contributed by atoms with E-state index in [9.17, 15) is 4.79 Å². The number of methoxy groups -OCH3 is 2. The summed E-state index contributed by atoms with van der Waals surface area (Å²) in [5.41, 5.74) is 5.57. The number of hydrogen-bond donors (Lipinski definition) is 1. The Bertz CT molecular complexity index is 867. The van der Waals surface area contributed by atoms with Crippen molar-refractivity contribution in [2.45, 2.75) is 25.0 Å². The van der Waals surface area contributed by atoms with E-state index in [1.54, 1.807) is 19.1 Å². The second kappa shape index (κ2) is 7.32. The van der Waals surface area contributed by atoms with Gasteiger partial charge in [0.1, 0.15) is 17.5 Å². The minimum absolute atomic E-state index is 0.0791. The molecule has 6 nitrogen and oxygen atoms in total. The van der Waals surface area contributed by atoms with Crippen LogP contribution in [0.2, 0.25) is 0 Å². The van der Waals surface area contributed by atoms with Crippen molar-refractivity contribution in [3.8, 4) is 11.5 Å². The van der Waals surface area contributed by atoms with Crippen LogP contribution in [0.15, 0.2) is 60.9 Å². The molecule has 1 N–H and O–H groups in total. The largest absolute Gasteiger partial charge is 0.497 e. The number of carbonyl (C=O) groups excluding carboxylic acids is 1. The number of amides is 1. The van der Waals surface area contributed by atoms with Crippen molar-refractivity contribution in [2.24, 2.45) is 0 Å². The van der Waals surface area contributed by atoms with Crippen LogP contribution in [0.25, 0.3) is 0 Å². The number of nitrogens with zero attached hydrogens (tertiary/aromatic N) is 2. The number of rotatable bonds is 5. The minimum atomic E-state index is -0.211. The average molecular weight is 365 g/mol. The first kappa shape index (κ1) is 17.4. The van der Waals surface area contributed by atoms with E-state index in [0.717, 1.165) is 22.6 Å². The molecule has 27 heavy (non-hydrogen) atoms. The summed E-state index contributed by atoms with van der Waals surface area (Å²) in [5, 5.41) is 1.91. The van der Waals surface area contributed by atoms with E-state index in [1.165, 1.54) is 0 Å². The highest BCUT2D eigenvalue weighted by atomic mass is 16.5. The SMILES string of the molecule is COc1cccc(CN2C=CN3NC(c4cccc(OC)c4)CC3C2=O)c1. The van der Waals surface area contributed by atoms with Gasteiger partial charge < -0.3 is 19.4 Å². The van der Waals surface area contributed by atoms with E-state index in [4.69, 9.17) is 9.47 Å². The second-order valence-corrected chi connectivity index (χ2v) is 6.73. The summed E-state index contributed by atoms with van der Waals surface area (Å²) >= 11 is 0. The molecule has 0 saturated carbocycles. The third kappa shape index (κ3) is 3.48. The zero-order chi connectivity index (χ0) is 18.8. The maximum Gasteiger partial charge on any atom is 0.251 e. The summed E-state index contributed by atoms with van der Waals surface area (Å²) in [6.45, 7) is 0.528. The molecule has 0 radical (unpaired) electrons. The zero-order valence-corrected chi connectivity index (χ0v) is 15.5. The van der Waals surface area contributed by atoms with Gasteiger partial charge in [0.25, 0.3) is 5.91 Å². The molecule has 0 bridgehead atoms. The van der Waals surface area contributed by atoms with Gasteiger partial charge in [-0.1, -0.05) is 24.3 Å². The van der Waals surface area contributed by atoms with Crippen LogP contribution in [0.4, 0.5) is 0 Å². The Balaban J connectivity index is 1.48. The summed E-state index contributed by atoms with van der Waals surface area (Å²) in [4.78, 5) is 14.8. The first-order valence-corrected chi connectivity index (χ1v) is 8.98. The monoisotopic (exact) mass is 365 g/mol. The number of ether oxygens (including phenoxy) is 2. The Morgan fingerprint density at radius 2 is 1.78 bits per heavy atom. The van der Waals surface area contributed by atoms with Gasteiger partial charge in [-0.15, -0.1) is 0 Å². The van der Waals surface area contributed by atoms with Gasteiger partial charge in [-0.05, 0) is 41.8 Å². The third-order valence-corrected chi connectivity index (χ3v) is 5.06. The van der Waals surface area contributed by atoms with Crippen molar-refractivity contribution in [3.63, 3.8) is 0 Å². The molecule has 0 aromatic heterocycles. The fourth-order valence-corrected chi connectivity index (χ4v) is 3.61. The first-order valence-electron chi connectivity index (χ1n) is 8.98. The van der Waals surface area contributed by atoms with Gasteiger partial charge in [0.2, 0.25) is 0 Å². The van der Waals surface area contributed by atoms with Crippen LogP contribution in [-0.4, -0.2) is 36.1 Å². The molecule has 0 aliphatic carbocycles. The van der Waals surface area contributed by atoms with Crippen molar-refractivity contribution in [3.05, 3.63) is 72.1 Å². The predicted octanol–water partition coefficient (Wildman–Crippen LogP) is 2.84. The molecule has 2 atom stereocenters. The van der Waals surface area contributed by atoms with Crippen molar-refractivity contribution < 1.29 is 14.3 Å². The summed E-state index contributed by atoms with van der Waals surface area (Å²) < 4.78 is 10.6. The molecule has 1 saturated heterocycles. The lowest BCUT2D eigenvalue weighted by atomic mass is 10.0. The average Bonchev–Trinajstić information content (AvgIpc) is 3.15. The molecule has 2 heterocycles. The number of hydrazine groups is 1. The summed E-state index contributed by atoms with van der Waals surface area (Å²) in [6, 6.07) is 15.6. The van der Waals surface area contributed by atoms with Gasteiger partial charge in [-0.3, -0.25) is 4.79 Å². The summed E-state index contributed by atoms with van der Waals surface area (Å²) in [5.74, 6) is 1.71. The zero-order valence-electron chi connectivity index (χ0n) is 15.5. The molecule has 2 aliphatic heterocycles. The molecular weight excluding hydrogens is 342 g/mol. The molecule has 2 unspecified atom stereocenters. The Kier molecular flexibility index (Phi) is 4.73. The highest BCUT2D eigenvalue weighted by molar-refractivity contribution is 5.84. The smallest absolute Gasteiger partial charge is 0.251 e. The van der Waals surface area contributed by atoms with Crippen molar-refractivity contribution in [1.29, 1.82) is 0 Å². The summed E-state index contributed by atoms with van der Waals surface area (Å²) in [7, 11) is 3.30. The third-order valence-electron chi connectivity index (χ3n) is 5.06. The van der Waals surface area contributed by atoms with Crippen molar-refractivity contribution in [2.75, 3.05) is 14.2 Å². The molecule has 6 heteroatoms. The second-order valence-electron chi connectivity index (χ2n) is 6.73. The van der Waals surface area contributed by atoms with Crippen LogP contribution >= 0.6 is 0 Å². The Labute approximate surface area is 158 Å². The molecule has 2 aliphatic rings. The molecule has 2 aromatic carbocycles. The normalized spacial score (nSPS) is 21.3. The quantitative estimate of drug-likeness (QED) is 0.883. The van der Waals surface area contributed by atoms with Gasteiger partial charge in [0, 0.05) is 12.4 Å². The maximum absolute atomic E-state index is 13.0. The summed E-state index contributed by atoms with van der Waals surface area (Å²) in [6.07, 6.45) is 4.48. The lowest BCUT2D eigenvalue weighted by molar-refractivity contribution is -0.134. The van der Waals surface area contributed by atoms with E-state index in [0.29, 0.717) is 13.0 Å². The van der Waals surface area contributed by atoms with Gasteiger partial charge >= 0.3 is 0 Å². The van der Waals surface area contributed by atoms with Gasteiger partial charge in [0.05, 0.1) is 26.8 Å². The number of carbonyl (C=O) groups is 1. The molecule has 1 amide bonds. The van der Waals surface area contributed by atoms with Gasteiger partial charge in [-0.2, -0.15) is 0 Å². The maximum atomic E-state index is 13.0. The van der Waals surface area contributed by atoms with Crippen LogP contribution in [-0.2, 0) is 11.3 Å². The molecule has 140 valence electrons. The number of fused-ring (bicyclic) bond motifs is 1. The van der Waals surface area contributed by atoms with E-state index in [2.05, 4.69) is 11.5 Å². The Morgan fingerprint density at radius 3 is 2.56 bits per heavy atom. The van der Waals surface area contributed by atoms with E-state index in [1.807, 2.05) is 59.9 Å².